The van der Waals surface area contributed by atoms with Gasteiger partial charge in [-0.2, -0.15) is 0 Å². The van der Waals surface area contributed by atoms with Crippen LogP contribution in [0.1, 0.15) is 15.9 Å². The van der Waals surface area contributed by atoms with Crippen LogP contribution < -0.4 is 5.32 Å². The van der Waals surface area contributed by atoms with Gasteiger partial charge in [0.25, 0.3) is 11.6 Å². The fourth-order valence-electron chi connectivity index (χ4n) is 1.68. The summed E-state index contributed by atoms with van der Waals surface area (Å²) in [5.41, 5.74) is 1.29. The lowest BCUT2D eigenvalue weighted by Gasteiger charge is -2.07. The minimum absolute atomic E-state index is 0.0588. The van der Waals surface area contributed by atoms with Gasteiger partial charge in [0, 0.05) is 23.2 Å². The van der Waals surface area contributed by atoms with E-state index in [0.29, 0.717) is 16.6 Å². The average Bonchev–Trinajstić information content (AvgIpc) is 2.45. The third-order valence-corrected chi connectivity index (χ3v) is 3.36. The highest BCUT2D eigenvalue weighted by Gasteiger charge is 2.14. The number of hydrogen-bond acceptors (Lipinski definition) is 3. The van der Waals surface area contributed by atoms with Gasteiger partial charge in [-0.25, -0.2) is 0 Å². The van der Waals surface area contributed by atoms with Gasteiger partial charge in [-0.15, -0.1) is 0 Å². The molecule has 2 rings (SSSR count). The van der Waals surface area contributed by atoms with Gasteiger partial charge < -0.3 is 5.32 Å². The van der Waals surface area contributed by atoms with Crippen LogP contribution in [0.15, 0.2) is 53.0 Å². The van der Waals surface area contributed by atoms with Crippen molar-refractivity contribution in [1.82, 2.24) is 5.32 Å². The maximum Gasteiger partial charge on any atom is 0.270 e. The molecule has 0 unspecified atom stereocenters. The number of nitro groups is 1. The Kier molecular flexibility index (Phi) is 4.47. The molecule has 0 aromatic heterocycles. The van der Waals surface area contributed by atoms with Crippen LogP contribution in [0.3, 0.4) is 0 Å². The van der Waals surface area contributed by atoms with E-state index in [4.69, 9.17) is 0 Å². The van der Waals surface area contributed by atoms with E-state index in [-0.39, 0.29) is 11.6 Å². The summed E-state index contributed by atoms with van der Waals surface area (Å²) in [7, 11) is 0. The summed E-state index contributed by atoms with van der Waals surface area (Å²) in [6.45, 7) is 0.406. The van der Waals surface area contributed by atoms with Crippen LogP contribution >= 0.6 is 15.9 Å². The number of carbonyl (C=O) groups excluding carboxylic acids is 1. The smallest absolute Gasteiger partial charge is 0.270 e. The number of benzene rings is 2. The van der Waals surface area contributed by atoms with Crippen molar-refractivity contribution in [1.29, 1.82) is 0 Å². The van der Waals surface area contributed by atoms with E-state index in [1.54, 1.807) is 0 Å². The number of nitrogens with zero attached hydrogens (tertiary/aromatic N) is 1. The maximum absolute atomic E-state index is 12.0. The fraction of sp³-hybridized carbons (Fsp3) is 0.0714. The number of halogens is 1. The zero-order valence-electron chi connectivity index (χ0n) is 10.4. The van der Waals surface area contributed by atoms with E-state index < -0.39 is 4.92 Å². The lowest BCUT2D eigenvalue weighted by molar-refractivity contribution is -0.384. The van der Waals surface area contributed by atoms with E-state index >= 15 is 0 Å². The van der Waals surface area contributed by atoms with E-state index in [2.05, 4.69) is 21.2 Å². The molecule has 20 heavy (non-hydrogen) atoms. The molecule has 0 heterocycles. The van der Waals surface area contributed by atoms with Crippen molar-refractivity contribution in [2.45, 2.75) is 6.54 Å². The van der Waals surface area contributed by atoms with Crippen LogP contribution in [0.2, 0.25) is 0 Å². The Balaban J connectivity index is 2.08. The van der Waals surface area contributed by atoms with E-state index in [0.717, 1.165) is 5.56 Å². The van der Waals surface area contributed by atoms with Gasteiger partial charge >= 0.3 is 0 Å². The topological polar surface area (TPSA) is 72.2 Å². The van der Waals surface area contributed by atoms with E-state index in [1.807, 2.05) is 30.3 Å². The van der Waals surface area contributed by atoms with Crippen LogP contribution in [-0.4, -0.2) is 10.8 Å². The normalized spacial score (nSPS) is 10.1. The Hall–Kier alpha value is -2.21. The molecule has 0 bridgehead atoms. The standard InChI is InChI=1S/C14H11BrN2O3/c15-13-8-11(17(19)20)6-7-12(13)14(18)16-9-10-4-2-1-3-5-10/h1-8H,9H2,(H,16,18). The van der Waals surface area contributed by atoms with Crippen molar-refractivity contribution in [2.75, 3.05) is 0 Å². The second-order valence-corrected chi connectivity index (χ2v) is 4.94. The lowest BCUT2D eigenvalue weighted by Crippen LogP contribution is -2.23. The molecule has 0 saturated carbocycles. The van der Waals surface area contributed by atoms with Crippen LogP contribution in [-0.2, 0) is 6.54 Å². The van der Waals surface area contributed by atoms with Crippen molar-refractivity contribution in [3.05, 3.63) is 74.2 Å². The van der Waals surface area contributed by atoms with E-state index in [1.165, 1.54) is 18.2 Å². The molecule has 2 aromatic rings. The van der Waals surface area contributed by atoms with Crippen molar-refractivity contribution < 1.29 is 9.72 Å². The number of nitrogens with one attached hydrogen (secondary N) is 1. The first-order chi connectivity index (χ1) is 9.58. The van der Waals surface area contributed by atoms with Crippen molar-refractivity contribution in [3.8, 4) is 0 Å². The molecule has 0 aliphatic heterocycles. The predicted octanol–water partition coefficient (Wildman–Crippen LogP) is 3.29. The second-order valence-electron chi connectivity index (χ2n) is 4.09. The molecule has 2 aromatic carbocycles. The van der Waals surface area contributed by atoms with Gasteiger partial charge in [0.15, 0.2) is 0 Å². The van der Waals surface area contributed by atoms with Crippen molar-refractivity contribution >= 4 is 27.5 Å². The highest BCUT2D eigenvalue weighted by atomic mass is 79.9. The van der Waals surface area contributed by atoms with Gasteiger partial charge in [-0.05, 0) is 27.6 Å². The van der Waals surface area contributed by atoms with Gasteiger partial charge in [0.05, 0.1) is 10.5 Å². The number of nitro benzene ring substituents is 1. The molecule has 1 N–H and O–H groups in total. The third kappa shape index (κ3) is 3.42. The van der Waals surface area contributed by atoms with Gasteiger partial charge in [-0.1, -0.05) is 30.3 Å². The molecular formula is C14H11BrN2O3. The lowest BCUT2D eigenvalue weighted by atomic mass is 10.2. The first kappa shape index (κ1) is 14.2. The molecule has 5 nitrogen and oxygen atoms in total. The van der Waals surface area contributed by atoms with Gasteiger partial charge in [0.1, 0.15) is 0 Å². The van der Waals surface area contributed by atoms with Crippen LogP contribution in [0.5, 0.6) is 0 Å². The molecule has 0 saturated heterocycles. The quantitative estimate of drug-likeness (QED) is 0.688. The van der Waals surface area contributed by atoms with Crippen LogP contribution in [0.25, 0.3) is 0 Å². The first-order valence-corrected chi connectivity index (χ1v) is 6.63. The monoisotopic (exact) mass is 334 g/mol. The van der Waals surface area contributed by atoms with E-state index in [9.17, 15) is 14.9 Å². The number of carbonyl (C=O) groups is 1. The van der Waals surface area contributed by atoms with Gasteiger partial charge in [-0.3, -0.25) is 14.9 Å². The summed E-state index contributed by atoms with van der Waals surface area (Å²) >= 11 is 3.18. The molecule has 0 aliphatic carbocycles. The first-order valence-electron chi connectivity index (χ1n) is 5.84. The largest absolute Gasteiger partial charge is 0.348 e. The Morgan fingerprint density at radius 2 is 1.90 bits per heavy atom. The minimum Gasteiger partial charge on any atom is -0.348 e. The second kappa shape index (κ2) is 6.29. The van der Waals surface area contributed by atoms with Gasteiger partial charge in [0.2, 0.25) is 0 Å². The van der Waals surface area contributed by atoms with Crippen molar-refractivity contribution in [3.63, 3.8) is 0 Å². The zero-order chi connectivity index (χ0) is 14.5. The SMILES string of the molecule is O=C(NCc1ccccc1)c1ccc([N+](=O)[O-])cc1Br. The predicted molar refractivity (Wildman–Crippen MR) is 78.4 cm³/mol. The number of amides is 1. The number of non-ortho nitro benzene ring substituents is 1. The van der Waals surface area contributed by atoms with Crippen LogP contribution in [0.4, 0.5) is 5.69 Å². The summed E-state index contributed by atoms with van der Waals surface area (Å²) in [4.78, 5) is 22.1. The third-order valence-electron chi connectivity index (χ3n) is 2.70. The Bertz CT molecular complexity index is 644. The van der Waals surface area contributed by atoms with Crippen molar-refractivity contribution in [2.24, 2.45) is 0 Å². The molecule has 102 valence electrons. The highest BCUT2D eigenvalue weighted by Crippen LogP contribution is 2.22. The Morgan fingerprint density at radius 3 is 2.50 bits per heavy atom. The zero-order valence-corrected chi connectivity index (χ0v) is 12.0. The molecule has 0 fully saturated rings. The molecule has 6 heteroatoms. The summed E-state index contributed by atoms with van der Waals surface area (Å²) < 4.78 is 0.400. The summed E-state index contributed by atoms with van der Waals surface area (Å²) in [5.74, 6) is -0.282. The maximum atomic E-state index is 12.0. The molecule has 0 radical (unpaired) electrons. The summed E-state index contributed by atoms with van der Waals surface area (Å²) in [6.07, 6.45) is 0. The number of rotatable bonds is 4. The Labute approximate surface area is 123 Å². The summed E-state index contributed by atoms with van der Waals surface area (Å²) in [6, 6.07) is 13.6. The molecule has 0 aliphatic rings. The molecule has 0 spiro atoms. The van der Waals surface area contributed by atoms with Crippen LogP contribution in [0, 0.1) is 10.1 Å². The fourth-order valence-corrected chi connectivity index (χ4v) is 2.22. The minimum atomic E-state index is -0.504. The number of hydrogen-bond donors (Lipinski definition) is 1. The molecular weight excluding hydrogens is 324 g/mol. The average molecular weight is 335 g/mol. The highest BCUT2D eigenvalue weighted by molar-refractivity contribution is 9.10. The molecule has 1 amide bonds. The molecule has 0 atom stereocenters. The Morgan fingerprint density at radius 1 is 1.20 bits per heavy atom. The summed E-state index contributed by atoms with van der Waals surface area (Å²) in [5, 5.41) is 13.4.